The van der Waals surface area contributed by atoms with Crippen molar-refractivity contribution < 1.29 is 38.9 Å². The summed E-state index contributed by atoms with van der Waals surface area (Å²) in [4.78, 5) is 45.7. The lowest BCUT2D eigenvalue weighted by Crippen LogP contribution is -2.28. The summed E-state index contributed by atoms with van der Waals surface area (Å²) in [6.45, 7) is 3.39. The summed E-state index contributed by atoms with van der Waals surface area (Å²) in [5.74, 6) is -3.70. The number of carboxylic acid groups (broad SMARTS) is 2. The number of carbonyl (C=O) groups excluding carboxylic acids is 3. The Morgan fingerprint density at radius 3 is 1.45 bits per heavy atom. The molecule has 0 heterocycles. The molecule has 0 saturated heterocycles. The second kappa shape index (κ2) is 9.01. The van der Waals surface area contributed by atoms with Crippen molar-refractivity contribution in [3.05, 3.63) is 70.8 Å². The van der Waals surface area contributed by atoms with E-state index in [4.69, 9.17) is 14.6 Å². The van der Waals surface area contributed by atoms with Gasteiger partial charge in [-0.2, -0.15) is 0 Å². The van der Waals surface area contributed by atoms with Crippen LogP contribution < -0.4 is 5.11 Å². The van der Waals surface area contributed by atoms with Crippen LogP contribution >= 0.6 is 0 Å². The molecule has 8 nitrogen and oxygen atoms in total. The van der Waals surface area contributed by atoms with E-state index in [2.05, 4.69) is 0 Å². The Balaban J connectivity index is 1.87. The number of aromatic carboxylic acids is 2. The minimum atomic E-state index is -1.34. The molecule has 0 amide bonds. The Kier molecular flexibility index (Phi) is 6.71. The maximum absolute atomic E-state index is 12.1. The molecule has 8 heteroatoms. The van der Waals surface area contributed by atoms with E-state index in [1.54, 1.807) is 13.8 Å². The van der Waals surface area contributed by atoms with E-state index in [1.807, 2.05) is 0 Å². The molecule has 0 bridgehead atoms. The molecule has 0 aliphatic rings. The molecule has 1 N–H and O–H groups in total. The number of carboxylic acids is 2. The fourth-order valence-corrected chi connectivity index (χ4v) is 2.22. The lowest BCUT2D eigenvalue weighted by atomic mass is 9.96. The Morgan fingerprint density at radius 1 is 0.759 bits per heavy atom. The molecule has 2 aromatic rings. The number of esters is 2. The van der Waals surface area contributed by atoms with E-state index in [1.165, 1.54) is 48.5 Å². The van der Waals surface area contributed by atoms with Gasteiger partial charge in [0.1, 0.15) is 0 Å². The van der Waals surface area contributed by atoms with Crippen LogP contribution in [0.1, 0.15) is 55.3 Å². The molecular formula is C21H19O8-. The molecule has 0 aromatic heterocycles. The van der Waals surface area contributed by atoms with Gasteiger partial charge in [0.25, 0.3) is 0 Å². The minimum Gasteiger partial charge on any atom is -0.545 e. The average Bonchev–Trinajstić information content (AvgIpc) is 2.70. The number of hydrogen-bond acceptors (Lipinski definition) is 7. The van der Waals surface area contributed by atoms with Crippen LogP contribution in [0.4, 0.5) is 0 Å². The largest absolute Gasteiger partial charge is 0.545 e. The van der Waals surface area contributed by atoms with Crippen molar-refractivity contribution in [2.75, 3.05) is 13.2 Å². The van der Waals surface area contributed by atoms with Gasteiger partial charge in [0.15, 0.2) is 0 Å². The number of hydrogen-bond donors (Lipinski definition) is 1. The first-order valence-corrected chi connectivity index (χ1v) is 8.58. The zero-order valence-electron chi connectivity index (χ0n) is 15.8. The predicted molar refractivity (Wildman–Crippen MR) is 98.5 cm³/mol. The van der Waals surface area contributed by atoms with Crippen LogP contribution in [-0.2, 0) is 9.47 Å². The fourth-order valence-electron chi connectivity index (χ4n) is 2.22. The van der Waals surface area contributed by atoms with Crippen LogP contribution in [0.3, 0.4) is 0 Å². The molecular weight excluding hydrogens is 380 g/mol. The van der Waals surface area contributed by atoms with Crippen LogP contribution in [0.25, 0.3) is 0 Å². The SMILES string of the molecule is CC(C)(COC(=O)c1ccc(C(=O)[O-])cc1)COC(=O)c1ccc(C(=O)O)cc1. The summed E-state index contributed by atoms with van der Waals surface area (Å²) in [5, 5.41) is 19.6. The monoisotopic (exact) mass is 399 g/mol. The van der Waals surface area contributed by atoms with Gasteiger partial charge >= 0.3 is 17.9 Å². The molecule has 152 valence electrons. The summed E-state index contributed by atoms with van der Waals surface area (Å²) in [5.41, 5.74) is -0.291. The zero-order chi connectivity index (χ0) is 21.6. The summed E-state index contributed by atoms with van der Waals surface area (Å²) in [7, 11) is 0. The summed E-state index contributed by atoms with van der Waals surface area (Å²) in [6, 6.07) is 10.4. The lowest BCUT2D eigenvalue weighted by molar-refractivity contribution is -0.255. The lowest BCUT2D eigenvalue weighted by Gasteiger charge is -2.23. The van der Waals surface area contributed by atoms with Crippen molar-refractivity contribution in [1.29, 1.82) is 0 Å². The van der Waals surface area contributed by atoms with Crippen molar-refractivity contribution in [3.63, 3.8) is 0 Å². The molecule has 0 spiro atoms. The normalized spacial score (nSPS) is 10.8. The van der Waals surface area contributed by atoms with Crippen molar-refractivity contribution in [3.8, 4) is 0 Å². The highest BCUT2D eigenvalue weighted by Crippen LogP contribution is 2.18. The Labute approximate surface area is 166 Å². The van der Waals surface area contributed by atoms with E-state index in [0.29, 0.717) is 0 Å². The van der Waals surface area contributed by atoms with Crippen LogP contribution in [0.15, 0.2) is 48.5 Å². The van der Waals surface area contributed by atoms with Gasteiger partial charge < -0.3 is 24.5 Å². The highest BCUT2D eigenvalue weighted by molar-refractivity contribution is 5.93. The van der Waals surface area contributed by atoms with Crippen molar-refractivity contribution in [1.82, 2.24) is 0 Å². The fraction of sp³-hybridized carbons (Fsp3) is 0.238. The van der Waals surface area contributed by atoms with E-state index in [-0.39, 0.29) is 35.5 Å². The van der Waals surface area contributed by atoms with Crippen LogP contribution in [0.2, 0.25) is 0 Å². The first-order chi connectivity index (χ1) is 13.6. The van der Waals surface area contributed by atoms with Gasteiger partial charge in [-0.1, -0.05) is 26.0 Å². The first kappa shape index (κ1) is 21.6. The number of benzene rings is 2. The highest BCUT2D eigenvalue weighted by atomic mass is 16.5. The molecule has 0 unspecified atom stereocenters. The predicted octanol–water partition coefficient (Wildman–Crippen LogP) is 1.79. The van der Waals surface area contributed by atoms with Crippen LogP contribution in [0, 0.1) is 5.41 Å². The third kappa shape index (κ3) is 6.17. The molecule has 0 radical (unpaired) electrons. The van der Waals surface area contributed by atoms with Crippen LogP contribution in [-0.4, -0.2) is 42.2 Å². The standard InChI is InChI=1S/C21H20O8/c1-21(2,11-28-19(26)15-7-3-13(4-8-15)17(22)23)12-29-20(27)16-9-5-14(6-10-16)18(24)25/h3-10H,11-12H2,1-2H3,(H,22,23)(H,24,25)/p-1. The Bertz CT molecular complexity index is 835. The van der Waals surface area contributed by atoms with Gasteiger partial charge in [-0.25, -0.2) is 14.4 Å². The van der Waals surface area contributed by atoms with Gasteiger partial charge in [-0.15, -0.1) is 0 Å². The Hall–Kier alpha value is -3.68. The van der Waals surface area contributed by atoms with Gasteiger partial charge in [0, 0.05) is 5.41 Å². The van der Waals surface area contributed by atoms with Gasteiger partial charge in [0.2, 0.25) is 0 Å². The molecule has 0 aliphatic heterocycles. The molecule has 0 fully saturated rings. The molecule has 0 aliphatic carbocycles. The quantitative estimate of drug-likeness (QED) is 0.665. The van der Waals surface area contributed by atoms with Crippen LogP contribution in [0.5, 0.6) is 0 Å². The van der Waals surface area contributed by atoms with Gasteiger partial charge in [-0.3, -0.25) is 0 Å². The molecule has 29 heavy (non-hydrogen) atoms. The van der Waals surface area contributed by atoms with Crippen molar-refractivity contribution >= 4 is 23.9 Å². The summed E-state index contributed by atoms with van der Waals surface area (Å²) < 4.78 is 10.4. The van der Waals surface area contributed by atoms with Gasteiger partial charge in [-0.05, 0) is 42.0 Å². The number of carbonyl (C=O) groups is 4. The molecule has 0 saturated carbocycles. The summed E-state index contributed by atoms with van der Waals surface area (Å²) >= 11 is 0. The van der Waals surface area contributed by atoms with Gasteiger partial charge in [0.05, 0.1) is 35.9 Å². The highest BCUT2D eigenvalue weighted by Gasteiger charge is 2.24. The number of ether oxygens (including phenoxy) is 2. The average molecular weight is 399 g/mol. The second-order valence-electron chi connectivity index (χ2n) is 7.06. The zero-order valence-corrected chi connectivity index (χ0v) is 15.8. The van der Waals surface area contributed by atoms with Crippen molar-refractivity contribution in [2.24, 2.45) is 5.41 Å². The van der Waals surface area contributed by atoms with E-state index in [0.717, 1.165) is 0 Å². The third-order valence-corrected chi connectivity index (χ3v) is 3.91. The second-order valence-corrected chi connectivity index (χ2v) is 7.06. The smallest absolute Gasteiger partial charge is 0.338 e. The van der Waals surface area contributed by atoms with E-state index >= 15 is 0 Å². The topological polar surface area (TPSA) is 130 Å². The summed E-state index contributed by atoms with van der Waals surface area (Å²) in [6.07, 6.45) is 0. The van der Waals surface area contributed by atoms with Crippen molar-refractivity contribution in [2.45, 2.75) is 13.8 Å². The maximum Gasteiger partial charge on any atom is 0.338 e. The van der Waals surface area contributed by atoms with E-state index in [9.17, 15) is 24.3 Å². The first-order valence-electron chi connectivity index (χ1n) is 8.58. The van der Waals surface area contributed by atoms with E-state index < -0.39 is 29.3 Å². The molecule has 2 rings (SSSR count). The minimum absolute atomic E-state index is 0.0383. The molecule has 2 aromatic carbocycles. The number of rotatable bonds is 8. The molecule has 0 atom stereocenters. The third-order valence-electron chi connectivity index (χ3n) is 3.91. The Morgan fingerprint density at radius 2 is 1.10 bits per heavy atom. The maximum atomic E-state index is 12.1.